The molecular weight excluding hydrogens is 126 g/mol. The first-order valence-corrected chi connectivity index (χ1v) is 4.05. The lowest BCUT2D eigenvalue weighted by Crippen LogP contribution is -2.38. The number of hydrogen-bond donors (Lipinski definition) is 1. The molecule has 0 saturated heterocycles. The smallest absolute Gasteiger partial charge is 0.109 e. The van der Waals surface area contributed by atoms with Crippen LogP contribution in [0.5, 0.6) is 0 Å². The molecule has 2 nitrogen and oxygen atoms in total. The molecule has 0 radical (unpaired) electrons. The predicted molar refractivity (Wildman–Crippen MR) is 43.8 cm³/mol. The fourth-order valence-corrected chi connectivity index (χ4v) is 1.02. The van der Waals surface area contributed by atoms with E-state index < -0.39 is 0 Å². The van der Waals surface area contributed by atoms with Crippen LogP contribution in [0, 0.1) is 5.92 Å². The fraction of sp³-hybridized carbons (Fsp3) is 1.00. The van der Waals surface area contributed by atoms with Crippen LogP contribution in [0.25, 0.3) is 0 Å². The van der Waals surface area contributed by atoms with Gasteiger partial charge in [-0.15, -0.1) is 0 Å². The summed E-state index contributed by atoms with van der Waals surface area (Å²) in [4.78, 5) is 2.05. The molecule has 0 heterocycles. The number of nitrogens with zero attached hydrogens (tertiary/aromatic N) is 1. The van der Waals surface area contributed by atoms with E-state index in [-0.39, 0.29) is 6.23 Å². The third-order valence-corrected chi connectivity index (χ3v) is 1.78. The Morgan fingerprint density at radius 2 is 1.60 bits per heavy atom. The Balaban J connectivity index is 3.76. The highest BCUT2D eigenvalue weighted by Crippen LogP contribution is 2.05. The molecule has 62 valence electrons. The monoisotopic (exact) mass is 145 g/mol. The Morgan fingerprint density at radius 3 is 1.70 bits per heavy atom. The van der Waals surface area contributed by atoms with Gasteiger partial charge >= 0.3 is 0 Å². The molecule has 0 aliphatic carbocycles. The van der Waals surface area contributed by atoms with E-state index in [1.54, 1.807) is 0 Å². The minimum absolute atomic E-state index is 0.269. The molecule has 10 heavy (non-hydrogen) atoms. The second kappa shape index (κ2) is 4.69. The molecule has 0 spiro atoms. The maximum absolute atomic E-state index is 9.51. The summed E-state index contributed by atoms with van der Waals surface area (Å²) < 4.78 is 0. The van der Waals surface area contributed by atoms with Crippen molar-refractivity contribution >= 4 is 0 Å². The van der Waals surface area contributed by atoms with Gasteiger partial charge in [-0.05, 0) is 19.0 Å². The number of hydrogen-bond acceptors (Lipinski definition) is 2. The van der Waals surface area contributed by atoms with Gasteiger partial charge in [-0.25, -0.2) is 0 Å². The lowest BCUT2D eigenvalue weighted by atomic mass is 10.1. The van der Waals surface area contributed by atoms with Gasteiger partial charge in [-0.3, -0.25) is 4.90 Å². The van der Waals surface area contributed by atoms with Crippen molar-refractivity contribution in [3.8, 4) is 0 Å². The summed E-state index contributed by atoms with van der Waals surface area (Å²) in [6.45, 7) is 10.0. The number of rotatable bonds is 4. The van der Waals surface area contributed by atoms with Crippen molar-refractivity contribution in [1.82, 2.24) is 4.90 Å². The van der Waals surface area contributed by atoms with Crippen molar-refractivity contribution in [3.63, 3.8) is 0 Å². The van der Waals surface area contributed by atoms with Crippen LogP contribution in [-0.4, -0.2) is 29.3 Å². The molecule has 0 saturated carbocycles. The minimum atomic E-state index is -0.269. The first-order valence-electron chi connectivity index (χ1n) is 4.05. The Morgan fingerprint density at radius 1 is 1.20 bits per heavy atom. The van der Waals surface area contributed by atoms with E-state index in [4.69, 9.17) is 0 Å². The molecule has 1 atom stereocenters. The summed E-state index contributed by atoms with van der Waals surface area (Å²) in [5, 5.41) is 9.51. The molecule has 0 fully saturated rings. The van der Waals surface area contributed by atoms with Crippen molar-refractivity contribution < 1.29 is 5.11 Å². The summed E-state index contributed by atoms with van der Waals surface area (Å²) in [6, 6.07) is 0. The standard InChI is InChI=1S/C8H19NO/c1-5-9(6-2)8(10)7(3)4/h7-8,10H,5-6H2,1-4H3/t8-/m1/s1. The minimum Gasteiger partial charge on any atom is -0.378 e. The van der Waals surface area contributed by atoms with Gasteiger partial charge in [-0.1, -0.05) is 27.7 Å². The van der Waals surface area contributed by atoms with Gasteiger partial charge in [-0.2, -0.15) is 0 Å². The van der Waals surface area contributed by atoms with Crippen molar-refractivity contribution in [2.75, 3.05) is 13.1 Å². The molecule has 0 aliphatic heterocycles. The van der Waals surface area contributed by atoms with Gasteiger partial charge in [0.2, 0.25) is 0 Å². The Bertz CT molecular complexity index is 79.3. The highest BCUT2D eigenvalue weighted by Gasteiger charge is 2.14. The SMILES string of the molecule is CCN(CC)[C@H](O)C(C)C. The molecule has 0 aromatic carbocycles. The zero-order valence-corrected chi connectivity index (χ0v) is 7.46. The maximum Gasteiger partial charge on any atom is 0.109 e. The van der Waals surface area contributed by atoms with Crippen LogP contribution >= 0.6 is 0 Å². The van der Waals surface area contributed by atoms with Gasteiger partial charge in [0.25, 0.3) is 0 Å². The van der Waals surface area contributed by atoms with Crippen LogP contribution in [0.15, 0.2) is 0 Å². The van der Waals surface area contributed by atoms with Gasteiger partial charge < -0.3 is 5.11 Å². The van der Waals surface area contributed by atoms with E-state index in [2.05, 4.69) is 13.8 Å². The highest BCUT2D eigenvalue weighted by atomic mass is 16.3. The molecule has 0 rings (SSSR count). The molecule has 2 heteroatoms. The summed E-state index contributed by atoms with van der Waals surface area (Å²) in [5.41, 5.74) is 0. The fourth-order valence-electron chi connectivity index (χ4n) is 1.02. The largest absolute Gasteiger partial charge is 0.378 e. The summed E-state index contributed by atoms with van der Waals surface area (Å²) in [6.07, 6.45) is -0.269. The third kappa shape index (κ3) is 2.67. The average Bonchev–Trinajstić information content (AvgIpc) is 1.90. The van der Waals surface area contributed by atoms with E-state index in [1.807, 2.05) is 18.7 Å². The Kier molecular flexibility index (Phi) is 4.65. The molecular formula is C8H19NO. The van der Waals surface area contributed by atoms with Crippen molar-refractivity contribution in [3.05, 3.63) is 0 Å². The molecule has 0 aliphatic rings. The predicted octanol–water partition coefficient (Wildman–Crippen LogP) is 1.30. The zero-order chi connectivity index (χ0) is 8.15. The first kappa shape index (κ1) is 9.92. The lowest BCUT2D eigenvalue weighted by molar-refractivity contribution is -0.0235. The van der Waals surface area contributed by atoms with E-state index in [1.165, 1.54) is 0 Å². The van der Waals surface area contributed by atoms with E-state index in [9.17, 15) is 5.11 Å². The molecule has 0 unspecified atom stereocenters. The van der Waals surface area contributed by atoms with Gasteiger partial charge in [0.1, 0.15) is 6.23 Å². The maximum atomic E-state index is 9.51. The van der Waals surface area contributed by atoms with E-state index >= 15 is 0 Å². The second-order valence-corrected chi connectivity index (χ2v) is 2.88. The molecule has 0 aromatic rings. The zero-order valence-electron chi connectivity index (χ0n) is 7.46. The highest BCUT2D eigenvalue weighted by molar-refractivity contribution is 4.60. The summed E-state index contributed by atoms with van der Waals surface area (Å²) in [7, 11) is 0. The molecule has 0 amide bonds. The lowest BCUT2D eigenvalue weighted by Gasteiger charge is -2.27. The van der Waals surface area contributed by atoms with Crippen molar-refractivity contribution in [2.24, 2.45) is 5.92 Å². The molecule has 0 aromatic heterocycles. The number of aliphatic hydroxyl groups is 1. The summed E-state index contributed by atoms with van der Waals surface area (Å²) >= 11 is 0. The second-order valence-electron chi connectivity index (χ2n) is 2.88. The van der Waals surface area contributed by atoms with Crippen molar-refractivity contribution in [2.45, 2.75) is 33.9 Å². The Hall–Kier alpha value is -0.0800. The van der Waals surface area contributed by atoms with Gasteiger partial charge in [0, 0.05) is 0 Å². The van der Waals surface area contributed by atoms with Crippen LogP contribution < -0.4 is 0 Å². The van der Waals surface area contributed by atoms with E-state index in [0.717, 1.165) is 13.1 Å². The summed E-state index contributed by atoms with van der Waals surface area (Å²) in [5.74, 6) is 0.333. The first-order chi connectivity index (χ1) is 4.63. The number of aliphatic hydroxyl groups excluding tert-OH is 1. The topological polar surface area (TPSA) is 23.5 Å². The molecule has 0 bridgehead atoms. The van der Waals surface area contributed by atoms with Crippen LogP contribution in [0.4, 0.5) is 0 Å². The van der Waals surface area contributed by atoms with Crippen molar-refractivity contribution in [1.29, 1.82) is 0 Å². The van der Waals surface area contributed by atoms with Crippen LogP contribution in [0.2, 0.25) is 0 Å². The van der Waals surface area contributed by atoms with Gasteiger partial charge in [0.15, 0.2) is 0 Å². The van der Waals surface area contributed by atoms with Crippen LogP contribution in [-0.2, 0) is 0 Å². The van der Waals surface area contributed by atoms with Crippen LogP contribution in [0.1, 0.15) is 27.7 Å². The van der Waals surface area contributed by atoms with E-state index in [0.29, 0.717) is 5.92 Å². The normalized spacial score (nSPS) is 14.7. The quantitative estimate of drug-likeness (QED) is 0.603. The van der Waals surface area contributed by atoms with Gasteiger partial charge in [0.05, 0.1) is 0 Å². The molecule has 1 N–H and O–H groups in total. The Labute approximate surface area is 63.8 Å². The third-order valence-electron chi connectivity index (χ3n) is 1.78. The van der Waals surface area contributed by atoms with Crippen LogP contribution in [0.3, 0.4) is 0 Å². The average molecular weight is 145 g/mol.